The van der Waals surface area contributed by atoms with Gasteiger partial charge in [0.15, 0.2) is 0 Å². The number of rotatable bonds is 4. The molecule has 1 aliphatic rings. The average Bonchev–Trinajstić information content (AvgIpc) is 2.63. The zero-order chi connectivity index (χ0) is 10.7. The van der Waals surface area contributed by atoms with E-state index in [4.69, 9.17) is 5.11 Å². The van der Waals surface area contributed by atoms with Gasteiger partial charge in [-0.25, -0.2) is 0 Å². The minimum atomic E-state index is -0.827. The van der Waals surface area contributed by atoms with Crippen LogP contribution < -0.4 is 0 Å². The molecule has 14 heavy (non-hydrogen) atoms. The number of carbonyl (C=O) groups excluding carboxylic acids is 1. The predicted octanol–water partition coefficient (Wildman–Crippen LogP) is 1.62. The largest absolute Gasteiger partial charge is 0.481 e. The maximum Gasteiger partial charge on any atom is 0.307 e. The number of Topliss-reactive ketones (excluding diaryl/α,β-unsaturated/α-hetero) is 1. The van der Waals surface area contributed by atoms with Crippen LogP contribution in [0.15, 0.2) is 0 Å². The Hall–Kier alpha value is -0.510. The van der Waals surface area contributed by atoms with Crippen molar-refractivity contribution in [1.29, 1.82) is 0 Å². The van der Waals surface area contributed by atoms with Crippen molar-refractivity contribution < 1.29 is 14.7 Å². The molecule has 0 aromatic carbocycles. The lowest BCUT2D eigenvalue weighted by atomic mass is 9.87. The molecule has 1 aliphatic carbocycles. The Morgan fingerprint density at radius 2 is 2.00 bits per heavy atom. The summed E-state index contributed by atoms with van der Waals surface area (Å²) in [6.07, 6.45) is 2.23. The van der Waals surface area contributed by atoms with Gasteiger partial charge in [-0.3, -0.25) is 9.59 Å². The molecule has 0 radical (unpaired) electrons. The number of hydrogen-bond acceptors (Lipinski definition) is 3. The van der Waals surface area contributed by atoms with Crippen molar-refractivity contribution in [1.82, 2.24) is 0 Å². The monoisotopic (exact) mass is 216 g/mol. The third-order valence-electron chi connectivity index (χ3n) is 2.96. The SMILES string of the molecule is C[C@H](CS)C(=O)C1CCC[C@H]1C(=O)O. The standard InChI is InChI=1S/C10H16O3S/c1-6(5-14)9(11)7-3-2-4-8(7)10(12)13/h6-8,14H,2-5H2,1H3,(H,12,13)/t6-,7?,8-/m1/s1. The molecular formula is C10H16O3S. The number of ketones is 1. The van der Waals surface area contributed by atoms with E-state index in [1.54, 1.807) is 0 Å². The lowest BCUT2D eigenvalue weighted by Gasteiger charge is -2.17. The summed E-state index contributed by atoms with van der Waals surface area (Å²) in [5.41, 5.74) is 0. The Balaban J connectivity index is 2.67. The maximum atomic E-state index is 11.8. The van der Waals surface area contributed by atoms with E-state index in [1.165, 1.54) is 0 Å². The second-order valence-electron chi connectivity index (χ2n) is 3.97. The molecule has 0 aliphatic heterocycles. The normalized spacial score (nSPS) is 28.7. The smallest absolute Gasteiger partial charge is 0.307 e. The van der Waals surface area contributed by atoms with E-state index in [0.29, 0.717) is 12.2 Å². The van der Waals surface area contributed by atoms with Crippen molar-refractivity contribution in [2.45, 2.75) is 26.2 Å². The van der Waals surface area contributed by atoms with E-state index in [0.717, 1.165) is 12.8 Å². The molecule has 1 N–H and O–H groups in total. The van der Waals surface area contributed by atoms with Gasteiger partial charge in [0.1, 0.15) is 5.78 Å². The first kappa shape index (κ1) is 11.6. The Kier molecular flexibility index (Phi) is 3.98. The van der Waals surface area contributed by atoms with Crippen LogP contribution in [0.2, 0.25) is 0 Å². The van der Waals surface area contributed by atoms with Gasteiger partial charge in [-0.2, -0.15) is 12.6 Å². The highest BCUT2D eigenvalue weighted by Gasteiger charge is 2.38. The first-order valence-corrected chi connectivity index (χ1v) is 5.58. The summed E-state index contributed by atoms with van der Waals surface area (Å²) < 4.78 is 0. The van der Waals surface area contributed by atoms with Crippen LogP contribution in [-0.2, 0) is 9.59 Å². The number of thiol groups is 1. The van der Waals surface area contributed by atoms with Crippen molar-refractivity contribution in [3.8, 4) is 0 Å². The van der Waals surface area contributed by atoms with Crippen LogP contribution in [0.25, 0.3) is 0 Å². The van der Waals surface area contributed by atoms with Gasteiger partial charge >= 0.3 is 5.97 Å². The van der Waals surface area contributed by atoms with Crippen LogP contribution in [0.1, 0.15) is 26.2 Å². The number of carbonyl (C=O) groups is 2. The highest BCUT2D eigenvalue weighted by atomic mass is 32.1. The average molecular weight is 216 g/mol. The maximum absolute atomic E-state index is 11.8. The predicted molar refractivity (Wildman–Crippen MR) is 56.5 cm³/mol. The molecule has 1 fully saturated rings. The van der Waals surface area contributed by atoms with Crippen molar-refractivity contribution in [3.05, 3.63) is 0 Å². The van der Waals surface area contributed by atoms with Gasteiger partial charge in [0.2, 0.25) is 0 Å². The Bertz CT molecular complexity index is 240. The molecule has 1 rings (SSSR count). The molecule has 0 aromatic heterocycles. The molecule has 1 saturated carbocycles. The van der Waals surface area contributed by atoms with Crippen LogP contribution in [0, 0.1) is 17.8 Å². The number of carboxylic acid groups (broad SMARTS) is 1. The highest BCUT2D eigenvalue weighted by Crippen LogP contribution is 2.34. The fourth-order valence-electron chi connectivity index (χ4n) is 2.05. The molecule has 0 aromatic rings. The molecule has 0 amide bonds. The molecule has 80 valence electrons. The third kappa shape index (κ3) is 2.29. The zero-order valence-electron chi connectivity index (χ0n) is 8.27. The van der Waals surface area contributed by atoms with E-state index in [2.05, 4.69) is 12.6 Å². The quantitative estimate of drug-likeness (QED) is 0.702. The Labute approximate surface area is 89.3 Å². The summed E-state index contributed by atoms with van der Waals surface area (Å²) >= 11 is 4.06. The summed E-state index contributed by atoms with van der Waals surface area (Å²) in [7, 11) is 0. The second-order valence-corrected chi connectivity index (χ2v) is 4.33. The second kappa shape index (κ2) is 4.82. The van der Waals surface area contributed by atoms with Gasteiger partial charge in [-0.1, -0.05) is 13.3 Å². The van der Waals surface area contributed by atoms with Crippen LogP contribution in [0.4, 0.5) is 0 Å². The molecule has 0 saturated heterocycles. The number of aliphatic carboxylic acids is 1. The fraction of sp³-hybridized carbons (Fsp3) is 0.800. The van der Waals surface area contributed by atoms with Crippen LogP contribution >= 0.6 is 12.6 Å². The lowest BCUT2D eigenvalue weighted by Crippen LogP contribution is -2.29. The lowest BCUT2D eigenvalue weighted by molar-refractivity contribution is -0.146. The van der Waals surface area contributed by atoms with Crippen molar-refractivity contribution in [3.63, 3.8) is 0 Å². The van der Waals surface area contributed by atoms with Gasteiger partial charge in [-0.15, -0.1) is 0 Å². The molecule has 0 spiro atoms. The zero-order valence-corrected chi connectivity index (χ0v) is 9.17. The van der Waals surface area contributed by atoms with Crippen molar-refractivity contribution in [2.24, 2.45) is 17.8 Å². The Morgan fingerprint density at radius 1 is 1.43 bits per heavy atom. The van der Waals surface area contributed by atoms with Gasteiger partial charge < -0.3 is 5.11 Å². The first-order chi connectivity index (χ1) is 6.57. The Morgan fingerprint density at radius 3 is 2.50 bits per heavy atom. The number of hydrogen-bond donors (Lipinski definition) is 2. The fourth-order valence-corrected chi connectivity index (χ4v) is 2.23. The topological polar surface area (TPSA) is 54.4 Å². The van der Waals surface area contributed by atoms with E-state index >= 15 is 0 Å². The summed E-state index contributed by atoms with van der Waals surface area (Å²) in [4.78, 5) is 22.6. The minimum Gasteiger partial charge on any atom is -0.481 e. The molecule has 0 bridgehead atoms. The molecule has 4 heteroatoms. The highest BCUT2D eigenvalue weighted by molar-refractivity contribution is 7.80. The number of carboxylic acids is 1. The van der Waals surface area contributed by atoms with Gasteiger partial charge in [-0.05, 0) is 18.6 Å². The van der Waals surface area contributed by atoms with E-state index < -0.39 is 11.9 Å². The van der Waals surface area contributed by atoms with E-state index in [9.17, 15) is 9.59 Å². The van der Waals surface area contributed by atoms with Crippen molar-refractivity contribution >= 4 is 24.4 Å². The minimum absolute atomic E-state index is 0.0740. The van der Waals surface area contributed by atoms with Gasteiger partial charge in [0.05, 0.1) is 5.92 Å². The molecule has 1 unspecified atom stereocenters. The van der Waals surface area contributed by atoms with Crippen molar-refractivity contribution in [2.75, 3.05) is 5.75 Å². The summed E-state index contributed by atoms with van der Waals surface area (Å²) in [5, 5.41) is 8.92. The molecule has 3 nitrogen and oxygen atoms in total. The summed E-state index contributed by atoms with van der Waals surface area (Å²) in [5.74, 6) is -1.10. The summed E-state index contributed by atoms with van der Waals surface area (Å²) in [6, 6.07) is 0. The van der Waals surface area contributed by atoms with Crippen LogP contribution in [0.3, 0.4) is 0 Å². The van der Waals surface area contributed by atoms with E-state index in [-0.39, 0.29) is 17.6 Å². The molecule has 3 atom stereocenters. The van der Waals surface area contributed by atoms with Crippen LogP contribution in [0.5, 0.6) is 0 Å². The first-order valence-electron chi connectivity index (χ1n) is 4.95. The third-order valence-corrected chi connectivity index (χ3v) is 3.51. The van der Waals surface area contributed by atoms with Gasteiger partial charge in [0, 0.05) is 11.8 Å². The molecular weight excluding hydrogens is 200 g/mol. The molecule has 0 heterocycles. The van der Waals surface area contributed by atoms with Crippen LogP contribution in [-0.4, -0.2) is 22.6 Å². The van der Waals surface area contributed by atoms with E-state index in [1.807, 2.05) is 6.92 Å². The summed E-state index contributed by atoms with van der Waals surface area (Å²) in [6.45, 7) is 1.81. The van der Waals surface area contributed by atoms with Gasteiger partial charge in [0.25, 0.3) is 0 Å².